The van der Waals surface area contributed by atoms with Crippen molar-refractivity contribution in [2.45, 2.75) is 13.5 Å². The van der Waals surface area contributed by atoms with Gasteiger partial charge in [0.25, 0.3) is 0 Å². The first kappa shape index (κ1) is 12.1. The fourth-order valence-electron chi connectivity index (χ4n) is 2.25. The summed E-state index contributed by atoms with van der Waals surface area (Å²) in [6, 6.07) is 14.0. The maximum absolute atomic E-state index is 6.15. The van der Waals surface area contributed by atoms with Crippen molar-refractivity contribution >= 4 is 28.6 Å². The number of anilines is 1. The van der Waals surface area contributed by atoms with Crippen molar-refractivity contribution < 1.29 is 0 Å². The van der Waals surface area contributed by atoms with E-state index in [-0.39, 0.29) is 0 Å². The Morgan fingerprint density at radius 1 is 1.16 bits per heavy atom. The molecule has 19 heavy (non-hydrogen) atoms. The molecular weight excluding hydrogens is 258 g/mol. The fraction of sp³-hybridized carbons (Fsp3) is 0.133. The van der Waals surface area contributed by atoms with E-state index in [4.69, 9.17) is 17.3 Å². The number of para-hydroxylation sites is 1. The van der Waals surface area contributed by atoms with Gasteiger partial charge in [0.2, 0.25) is 5.95 Å². The van der Waals surface area contributed by atoms with Crippen LogP contribution in [0.5, 0.6) is 0 Å². The highest BCUT2D eigenvalue weighted by molar-refractivity contribution is 6.35. The molecule has 0 saturated heterocycles. The van der Waals surface area contributed by atoms with Gasteiger partial charge in [-0.2, -0.15) is 0 Å². The van der Waals surface area contributed by atoms with Gasteiger partial charge >= 0.3 is 0 Å². The van der Waals surface area contributed by atoms with Gasteiger partial charge in [0.1, 0.15) is 5.52 Å². The van der Waals surface area contributed by atoms with Crippen LogP contribution in [-0.4, -0.2) is 9.55 Å². The van der Waals surface area contributed by atoms with Crippen LogP contribution in [0.25, 0.3) is 11.0 Å². The number of nitrogen functional groups attached to an aromatic ring is 1. The SMILES string of the molecule is Cc1ccccc1Cn1c(N)nc2c(Cl)cccc21. The van der Waals surface area contributed by atoms with Crippen LogP contribution >= 0.6 is 11.6 Å². The van der Waals surface area contributed by atoms with Gasteiger partial charge in [-0.3, -0.25) is 0 Å². The van der Waals surface area contributed by atoms with E-state index in [0.717, 1.165) is 11.0 Å². The predicted molar refractivity (Wildman–Crippen MR) is 79.4 cm³/mol. The number of nitrogens with two attached hydrogens (primary N) is 1. The molecule has 3 rings (SSSR count). The number of benzene rings is 2. The first-order valence-corrected chi connectivity index (χ1v) is 6.49. The topological polar surface area (TPSA) is 43.8 Å². The zero-order valence-corrected chi connectivity index (χ0v) is 11.4. The molecule has 4 heteroatoms. The van der Waals surface area contributed by atoms with Gasteiger partial charge in [-0.25, -0.2) is 4.98 Å². The second kappa shape index (κ2) is 4.59. The van der Waals surface area contributed by atoms with E-state index in [9.17, 15) is 0 Å². The van der Waals surface area contributed by atoms with Gasteiger partial charge in [-0.15, -0.1) is 0 Å². The molecular formula is C15H14ClN3. The summed E-state index contributed by atoms with van der Waals surface area (Å²) in [6.45, 7) is 2.80. The molecule has 0 aliphatic rings. The minimum absolute atomic E-state index is 0.492. The van der Waals surface area contributed by atoms with Crippen molar-refractivity contribution in [1.82, 2.24) is 9.55 Å². The summed E-state index contributed by atoms with van der Waals surface area (Å²) < 4.78 is 1.99. The maximum atomic E-state index is 6.15. The number of nitrogens with zero attached hydrogens (tertiary/aromatic N) is 2. The zero-order valence-electron chi connectivity index (χ0n) is 10.6. The molecule has 0 saturated carbocycles. The molecule has 1 aromatic heterocycles. The van der Waals surface area contributed by atoms with Crippen LogP contribution in [-0.2, 0) is 6.54 Å². The van der Waals surface area contributed by atoms with Crippen molar-refractivity contribution in [3.05, 3.63) is 58.6 Å². The lowest BCUT2D eigenvalue weighted by atomic mass is 10.1. The Bertz CT molecular complexity index is 746. The smallest absolute Gasteiger partial charge is 0.201 e. The van der Waals surface area contributed by atoms with E-state index in [2.05, 4.69) is 24.0 Å². The van der Waals surface area contributed by atoms with E-state index in [1.165, 1.54) is 11.1 Å². The standard InChI is InChI=1S/C15H14ClN3/c1-10-5-2-3-6-11(10)9-19-13-8-4-7-12(16)14(13)18-15(19)17/h2-8H,9H2,1H3,(H2,17,18). The number of fused-ring (bicyclic) bond motifs is 1. The average Bonchev–Trinajstić information content (AvgIpc) is 2.71. The van der Waals surface area contributed by atoms with E-state index in [1.807, 2.05) is 34.9 Å². The third kappa shape index (κ3) is 2.06. The Morgan fingerprint density at radius 2 is 1.95 bits per heavy atom. The minimum Gasteiger partial charge on any atom is -0.369 e. The van der Waals surface area contributed by atoms with Crippen molar-refractivity contribution in [3.63, 3.8) is 0 Å². The van der Waals surface area contributed by atoms with Crippen molar-refractivity contribution in [2.24, 2.45) is 0 Å². The number of aryl methyl sites for hydroxylation is 1. The van der Waals surface area contributed by atoms with Crippen molar-refractivity contribution in [3.8, 4) is 0 Å². The van der Waals surface area contributed by atoms with Crippen LogP contribution in [0.15, 0.2) is 42.5 Å². The fourth-order valence-corrected chi connectivity index (χ4v) is 2.47. The normalized spacial score (nSPS) is 11.1. The van der Waals surface area contributed by atoms with Crippen LogP contribution in [0.4, 0.5) is 5.95 Å². The number of rotatable bonds is 2. The van der Waals surface area contributed by atoms with Gasteiger partial charge in [0.05, 0.1) is 17.1 Å². The Kier molecular flexibility index (Phi) is 2.91. The molecule has 3 nitrogen and oxygen atoms in total. The van der Waals surface area contributed by atoms with E-state index in [1.54, 1.807) is 0 Å². The molecule has 1 heterocycles. The maximum Gasteiger partial charge on any atom is 0.201 e. The van der Waals surface area contributed by atoms with Crippen LogP contribution in [0.1, 0.15) is 11.1 Å². The minimum atomic E-state index is 0.492. The molecule has 0 bridgehead atoms. The van der Waals surface area contributed by atoms with Crippen molar-refractivity contribution in [1.29, 1.82) is 0 Å². The lowest BCUT2D eigenvalue weighted by Crippen LogP contribution is -2.05. The molecule has 2 N–H and O–H groups in total. The Balaban J connectivity index is 2.13. The number of imidazole rings is 1. The molecule has 96 valence electrons. The number of halogens is 1. The molecule has 0 spiro atoms. The number of hydrogen-bond acceptors (Lipinski definition) is 2. The van der Waals surface area contributed by atoms with Crippen LogP contribution in [0, 0.1) is 6.92 Å². The highest BCUT2D eigenvalue weighted by atomic mass is 35.5. The summed E-state index contributed by atoms with van der Waals surface area (Å²) in [5, 5.41) is 0.632. The lowest BCUT2D eigenvalue weighted by Gasteiger charge is -2.09. The van der Waals surface area contributed by atoms with E-state index in [0.29, 0.717) is 17.5 Å². The molecule has 0 atom stereocenters. The van der Waals surface area contributed by atoms with Gasteiger partial charge in [0, 0.05) is 0 Å². The third-order valence-corrected chi connectivity index (χ3v) is 3.65. The summed E-state index contributed by atoms with van der Waals surface area (Å²) in [5.41, 5.74) is 10.2. The molecule has 0 aliphatic carbocycles. The number of hydrogen-bond donors (Lipinski definition) is 1. The Hall–Kier alpha value is -2.00. The molecule has 0 unspecified atom stereocenters. The quantitative estimate of drug-likeness (QED) is 0.773. The molecule has 0 radical (unpaired) electrons. The predicted octanol–water partition coefficient (Wildman–Crippen LogP) is 3.63. The second-order valence-electron chi connectivity index (χ2n) is 4.59. The largest absolute Gasteiger partial charge is 0.369 e. The zero-order chi connectivity index (χ0) is 13.4. The van der Waals surface area contributed by atoms with Crippen LogP contribution < -0.4 is 5.73 Å². The number of aromatic nitrogens is 2. The van der Waals surface area contributed by atoms with Crippen LogP contribution in [0.2, 0.25) is 5.02 Å². The van der Waals surface area contributed by atoms with E-state index >= 15 is 0 Å². The summed E-state index contributed by atoms with van der Waals surface area (Å²) >= 11 is 6.15. The first-order chi connectivity index (χ1) is 9.16. The van der Waals surface area contributed by atoms with Gasteiger partial charge in [-0.1, -0.05) is 41.9 Å². The van der Waals surface area contributed by atoms with Gasteiger partial charge in [0.15, 0.2) is 0 Å². The summed E-state index contributed by atoms with van der Waals surface area (Å²) in [6.07, 6.45) is 0. The van der Waals surface area contributed by atoms with Gasteiger partial charge in [-0.05, 0) is 30.2 Å². The first-order valence-electron chi connectivity index (χ1n) is 6.11. The summed E-state index contributed by atoms with van der Waals surface area (Å²) in [7, 11) is 0. The molecule has 0 fully saturated rings. The second-order valence-corrected chi connectivity index (χ2v) is 5.00. The monoisotopic (exact) mass is 271 g/mol. The highest BCUT2D eigenvalue weighted by Gasteiger charge is 2.11. The summed E-state index contributed by atoms with van der Waals surface area (Å²) in [4.78, 5) is 4.35. The molecule has 0 amide bonds. The highest BCUT2D eigenvalue weighted by Crippen LogP contribution is 2.26. The third-order valence-electron chi connectivity index (χ3n) is 3.35. The van der Waals surface area contributed by atoms with Gasteiger partial charge < -0.3 is 10.3 Å². The summed E-state index contributed by atoms with van der Waals surface area (Å²) in [5.74, 6) is 0.492. The van der Waals surface area contributed by atoms with Crippen molar-refractivity contribution in [2.75, 3.05) is 5.73 Å². The Morgan fingerprint density at radius 3 is 2.74 bits per heavy atom. The molecule has 3 aromatic rings. The van der Waals surface area contributed by atoms with Crippen LogP contribution in [0.3, 0.4) is 0 Å². The van der Waals surface area contributed by atoms with E-state index < -0.39 is 0 Å². The Labute approximate surface area is 116 Å². The molecule has 2 aromatic carbocycles. The lowest BCUT2D eigenvalue weighted by molar-refractivity contribution is 0.832. The average molecular weight is 272 g/mol. The molecule has 0 aliphatic heterocycles.